The Balaban J connectivity index is 1.51. The van der Waals surface area contributed by atoms with Crippen molar-refractivity contribution in [2.45, 2.75) is 12.5 Å². The summed E-state index contributed by atoms with van der Waals surface area (Å²) < 4.78 is 5.23. The number of rotatable bonds is 4. The average molecular weight is 313 g/mol. The number of hydrogen-bond donors (Lipinski definition) is 1. The van der Waals surface area contributed by atoms with E-state index in [1.54, 1.807) is 4.90 Å². The summed E-state index contributed by atoms with van der Waals surface area (Å²) in [5.74, 6) is -0.706. The van der Waals surface area contributed by atoms with Gasteiger partial charge in [0.05, 0.1) is 5.92 Å². The van der Waals surface area contributed by atoms with Crippen LogP contribution in [0.2, 0.25) is 0 Å². The number of hydrogen-bond acceptors (Lipinski definition) is 5. The van der Waals surface area contributed by atoms with Crippen LogP contribution in [-0.2, 0) is 11.3 Å². The Morgan fingerprint density at radius 1 is 1.22 bits per heavy atom. The number of aromatic nitrogens is 2. The van der Waals surface area contributed by atoms with E-state index in [0.717, 1.165) is 5.56 Å². The van der Waals surface area contributed by atoms with E-state index < -0.39 is 5.97 Å². The summed E-state index contributed by atoms with van der Waals surface area (Å²) >= 11 is 0. The van der Waals surface area contributed by atoms with Crippen molar-refractivity contribution in [2.24, 2.45) is 0 Å². The summed E-state index contributed by atoms with van der Waals surface area (Å²) in [6.45, 7) is 1.08. The van der Waals surface area contributed by atoms with Crippen LogP contribution in [0.1, 0.15) is 27.8 Å². The summed E-state index contributed by atoms with van der Waals surface area (Å²) in [5.41, 5.74) is 0.885. The van der Waals surface area contributed by atoms with Crippen molar-refractivity contribution in [2.75, 3.05) is 13.1 Å². The van der Waals surface area contributed by atoms with Gasteiger partial charge in [-0.25, -0.2) is 19.6 Å². The molecule has 1 amide bonds. The smallest absolute Gasteiger partial charge is 0.410 e. The number of nitrogens with zero attached hydrogens (tertiary/aromatic N) is 3. The fraction of sp³-hybridized carbons (Fsp3) is 0.250. The molecule has 0 aliphatic carbocycles. The van der Waals surface area contributed by atoms with Crippen molar-refractivity contribution in [3.63, 3.8) is 0 Å². The lowest BCUT2D eigenvalue weighted by molar-refractivity contribution is 0.0637. The van der Waals surface area contributed by atoms with Gasteiger partial charge in [-0.1, -0.05) is 30.3 Å². The largest absolute Gasteiger partial charge is 0.477 e. The monoisotopic (exact) mass is 313 g/mol. The van der Waals surface area contributed by atoms with Crippen LogP contribution >= 0.6 is 0 Å². The Morgan fingerprint density at radius 3 is 2.65 bits per heavy atom. The van der Waals surface area contributed by atoms with Crippen LogP contribution in [0.4, 0.5) is 4.79 Å². The molecule has 1 N–H and O–H groups in total. The molecule has 0 saturated carbocycles. The maximum atomic E-state index is 11.9. The average Bonchev–Trinajstić information content (AvgIpc) is 2.53. The third-order valence-corrected chi connectivity index (χ3v) is 3.60. The van der Waals surface area contributed by atoms with Crippen molar-refractivity contribution in [3.05, 3.63) is 59.7 Å². The number of aromatic carboxylic acids is 1. The SMILES string of the molecule is O=C(O)c1ccnc(C2CN(C(=O)OCc3ccccc3)C2)n1. The Hall–Kier alpha value is -2.96. The van der Waals surface area contributed by atoms with Gasteiger partial charge in [-0.3, -0.25) is 0 Å². The number of carboxylic acids is 1. The van der Waals surface area contributed by atoms with E-state index in [-0.39, 0.29) is 24.3 Å². The molecule has 1 saturated heterocycles. The first-order chi connectivity index (χ1) is 11.1. The van der Waals surface area contributed by atoms with Gasteiger partial charge in [-0.2, -0.15) is 0 Å². The van der Waals surface area contributed by atoms with Crippen LogP contribution in [-0.4, -0.2) is 45.1 Å². The molecule has 1 fully saturated rings. The van der Waals surface area contributed by atoms with Gasteiger partial charge in [0.1, 0.15) is 12.4 Å². The molecule has 7 nitrogen and oxygen atoms in total. The summed E-state index contributed by atoms with van der Waals surface area (Å²) in [5, 5.41) is 8.93. The zero-order valence-electron chi connectivity index (χ0n) is 12.3. The third kappa shape index (κ3) is 3.45. The Labute approximate surface area is 132 Å². The fourth-order valence-electron chi connectivity index (χ4n) is 2.29. The zero-order valence-corrected chi connectivity index (χ0v) is 12.3. The molecule has 1 aliphatic rings. The molecule has 2 heterocycles. The van der Waals surface area contributed by atoms with E-state index in [9.17, 15) is 9.59 Å². The molecular formula is C16H15N3O4. The molecule has 0 bridgehead atoms. The predicted molar refractivity (Wildman–Crippen MR) is 79.9 cm³/mol. The lowest BCUT2D eigenvalue weighted by atomic mass is 10.00. The zero-order chi connectivity index (χ0) is 16.2. The molecule has 0 unspecified atom stereocenters. The molecule has 1 aromatic carbocycles. The van der Waals surface area contributed by atoms with Crippen molar-refractivity contribution < 1.29 is 19.4 Å². The van der Waals surface area contributed by atoms with Crippen molar-refractivity contribution in [1.82, 2.24) is 14.9 Å². The normalized spacial score (nSPS) is 14.2. The van der Waals surface area contributed by atoms with Crippen molar-refractivity contribution >= 4 is 12.1 Å². The number of amides is 1. The standard InChI is InChI=1S/C16H15N3O4/c20-15(21)13-6-7-17-14(18-13)12-8-19(9-12)16(22)23-10-11-4-2-1-3-5-11/h1-7,12H,8-10H2,(H,20,21). The minimum atomic E-state index is -1.09. The molecule has 0 radical (unpaired) electrons. The highest BCUT2D eigenvalue weighted by Crippen LogP contribution is 2.25. The van der Waals surface area contributed by atoms with Crippen LogP contribution in [0.25, 0.3) is 0 Å². The van der Waals surface area contributed by atoms with Crippen LogP contribution < -0.4 is 0 Å². The molecule has 1 aliphatic heterocycles. The first kappa shape index (κ1) is 15.0. The van der Waals surface area contributed by atoms with Crippen LogP contribution in [0.3, 0.4) is 0 Å². The maximum absolute atomic E-state index is 11.9. The lowest BCUT2D eigenvalue weighted by Crippen LogP contribution is -2.49. The highest BCUT2D eigenvalue weighted by molar-refractivity contribution is 5.85. The summed E-state index contributed by atoms with van der Waals surface area (Å²) in [6, 6.07) is 10.8. The second-order valence-corrected chi connectivity index (χ2v) is 5.25. The second kappa shape index (κ2) is 6.43. The van der Waals surface area contributed by atoms with Crippen molar-refractivity contribution in [1.29, 1.82) is 0 Å². The Morgan fingerprint density at radius 2 is 1.96 bits per heavy atom. The minimum Gasteiger partial charge on any atom is -0.477 e. The van der Waals surface area contributed by atoms with Gasteiger partial charge >= 0.3 is 12.1 Å². The number of carboxylic acid groups (broad SMARTS) is 1. The quantitative estimate of drug-likeness (QED) is 0.927. The third-order valence-electron chi connectivity index (χ3n) is 3.60. The van der Waals surface area contributed by atoms with E-state index >= 15 is 0 Å². The summed E-state index contributed by atoms with van der Waals surface area (Å²) in [7, 11) is 0. The van der Waals surface area contributed by atoms with Crippen LogP contribution in [0.5, 0.6) is 0 Å². The number of ether oxygens (including phenoxy) is 1. The second-order valence-electron chi connectivity index (χ2n) is 5.25. The number of likely N-dealkylation sites (tertiary alicyclic amines) is 1. The first-order valence-corrected chi connectivity index (χ1v) is 7.15. The highest BCUT2D eigenvalue weighted by atomic mass is 16.6. The van der Waals surface area contributed by atoms with E-state index in [2.05, 4.69) is 9.97 Å². The van der Waals surface area contributed by atoms with E-state index in [4.69, 9.17) is 9.84 Å². The number of carbonyl (C=O) groups excluding carboxylic acids is 1. The number of benzene rings is 1. The molecule has 2 aromatic rings. The summed E-state index contributed by atoms with van der Waals surface area (Å²) in [4.78, 5) is 32.4. The fourth-order valence-corrected chi connectivity index (χ4v) is 2.29. The van der Waals surface area contributed by atoms with Gasteiger partial charge in [-0.15, -0.1) is 0 Å². The minimum absolute atomic E-state index is 0.0416. The number of carbonyl (C=O) groups is 2. The maximum Gasteiger partial charge on any atom is 0.410 e. The molecule has 23 heavy (non-hydrogen) atoms. The van der Waals surface area contributed by atoms with Gasteiger partial charge < -0.3 is 14.7 Å². The van der Waals surface area contributed by atoms with Crippen LogP contribution in [0.15, 0.2) is 42.6 Å². The molecule has 0 spiro atoms. The highest BCUT2D eigenvalue weighted by Gasteiger charge is 2.34. The molecule has 118 valence electrons. The lowest BCUT2D eigenvalue weighted by Gasteiger charge is -2.37. The molecule has 0 atom stereocenters. The van der Waals surface area contributed by atoms with E-state index in [1.807, 2.05) is 30.3 Å². The van der Waals surface area contributed by atoms with E-state index in [1.165, 1.54) is 12.3 Å². The van der Waals surface area contributed by atoms with Crippen LogP contribution in [0, 0.1) is 0 Å². The topological polar surface area (TPSA) is 92.6 Å². The van der Waals surface area contributed by atoms with Gasteiger partial charge in [0.2, 0.25) is 0 Å². The first-order valence-electron chi connectivity index (χ1n) is 7.15. The van der Waals surface area contributed by atoms with Crippen molar-refractivity contribution in [3.8, 4) is 0 Å². The molecule has 3 rings (SSSR count). The Bertz CT molecular complexity index is 714. The molecule has 7 heteroatoms. The molecular weight excluding hydrogens is 298 g/mol. The van der Waals surface area contributed by atoms with Gasteiger partial charge in [-0.05, 0) is 11.6 Å². The summed E-state index contributed by atoms with van der Waals surface area (Å²) in [6.07, 6.45) is 1.03. The van der Waals surface area contributed by atoms with Gasteiger partial charge in [0.15, 0.2) is 5.69 Å². The van der Waals surface area contributed by atoms with Gasteiger partial charge in [0.25, 0.3) is 0 Å². The molecule has 1 aromatic heterocycles. The van der Waals surface area contributed by atoms with Gasteiger partial charge in [0, 0.05) is 19.3 Å². The Kier molecular flexibility index (Phi) is 4.18. The predicted octanol–water partition coefficient (Wildman–Crippen LogP) is 1.91. The van der Waals surface area contributed by atoms with E-state index in [0.29, 0.717) is 18.9 Å².